The summed E-state index contributed by atoms with van der Waals surface area (Å²) in [6, 6.07) is 7.90. The SMILES string of the molecule is O=CC=Cc1ccccc1I. The van der Waals surface area contributed by atoms with E-state index in [1.165, 1.54) is 6.08 Å². The van der Waals surface area contributed by atoms with Crippen LogP contribution in [0.2, 0.25) is 0 Å². The standard InChI is InChI=1S/C9H7IO/c10-9-6-2-1-4-8(9)5-3-7-11/h1-7H. The van der Waals surface area contributed by atoms with Gasteiger partial charge in [0.25, 0.3) is 0 Å². The maximum atomic E-state index is 10.0. The first kappa shape index (κ1) is 8.46. The lowest BCUT2D eigenvalue weighted by atomic mass is 10.2. The number of carbonyl (C=O) groups is 1. The summed E-state index contributed by atoms with van der Waals surface area (Å²) >= 11 is 2.23. The molecule has 0 atom stereocenters. The Labute approximate surface area is 79.3 Å². The van der Waals surface area contributed by atoms with Crippen molar-refractivity contribution < 1.29 is 4.79 Å². The molecular weight excluding hydrogens is 251 g/mol. The van der Waals surface area contributed by atoms with Crippen molar-refractivity contribution in [3.05, 3.63) is 39.5 Å². The van der Waals surface area contributed by atoms with Gasteiger partial charge in [0.2, 0.25) is 0 Å². The number of carbonyl (C=O) groups excluding carboxylic acids is 1. The van der Waals surface area contributed by atoms with Crippen LogP contribution in [0.3, 0.4) is 0 Å². The molecule has 1 nitrogen and oxygen atoms in total. The van der Waals surface area contributed by atoms with Crippen LogP contribution in [-0.4, -0.2) is 6.29 Å². The van der Waals surface area contributed by atoms with E-state index in [2.05, 4.69) is 22.6 Å². The third-order valence-corrected chi connectivity index (χ3v) is 2.24. The number of allylic oxidation sites excluding steroid dienone is 1. The Morgan fingerprint density at radius 2 is 2.00 bits per heavy atom. The van der Waals surface area contributed by atoms with E-state index in [0.29, 0.717) is 0 Å². The Morgan fingerprint density at radius 1 is 1.27 bits per heavy atom. The molecule has 0 saturated heterocycles. The van der Waals surface area contributed by atoms with E-state index in [1.54, 1.807) is 6.08 Å². The monoisotopic (exact) mass is 258 g/mol. The van der Waals surface area contributed by atoms with Crippen LogP contribution >= 0.6 is 22.6 Å². The Bertz CT molecular complexity index is 279. The predicted molar refractivity (Wildman–Crippen MR) is 54.3 cm³/mol. The third kappa shape index (κ3) is 2.46. The summed E-state index contributed by atoms with van der Waals surface area (Å²) in [5, 5.41) is 0. The molecule has 0 N–H and O–H groups in total. The molecule has 0 heterocycles. The number of benzene rings is 1. The number of hydrogen-bond donors (Lipinski definition) is 0. The minimum atomic E-state index is 0.781. The van der Waals surface area contributed by atoms with Crippen molar-refractivity contribution in [2.24, 2.45) is 0 Å². The molecule has 0 aliphatic heterocycles. The fourth-order valence-electron chi connectivity index (χ4n) is 0.753. The van der Waals surface area contributed by atoms with Crippen molar-refractivity contribution in [2.45, 2.75) is 0 Å². The van der Waals surface area contributed by atoms with Gasteiger partial charge in [0.1, 0.15) is 6.29 Å². The molecule has 2 heteroatoms. The van der Waals surface area contributed by atoms with Crippen LogP contribution in [0, 0.1) is 3.57 Å². The smallest absolute Gasteiger partial charge is 0.142 e. The summed E-state index contributed by atoms with van der Waals surface area (Å²) in [5.74, 6) is 0. The Hall–Kier alpha value is -0.640. The molecule has 0 aliphatic carbocycles. The van der Waals surface area contributed by atoms with Crippen molar-refractivity contribution in [2.75, 3.05) is 0 Å². The van der Waals surface area contributed by atoms with Gasteiger partial charge < -0.3 is 0 Å². The Morgan fingerprint density at radius 3 is 2.64 bits per heavy atom. The quantitative estimate of drug-likeness (QED) is 0.452. The van der Waals surface area contributed by atoms with E-state index < -0.39 is 0 Å². The molecule has 0 aliphatic rings. The molecule has 0 unspecified atom stereocenters. The fraction of sp³-hybridized carbons (Fsp3) is 0. The summed E-state index contributed by atoms with van der Waals surface area (Å²) in [7, 11) is 0. The van der Waals surface area contributed by atoms with E-state index in [4.69, 9.17) is 0 Å². The number of aldehydes is 1. The highest BCUT2D eigenvalue weighted by molar-refractivity contribution is 14.1. The zero-order valence-electron chi connectivity index (χ0n) is 5.83. The molecule has 0 amide bonds. The second-order valence-electron chi connectivity index (χ2n) is 2.02. The van der Waals surface area contributed by atoms with E-state index in [-0.39, 0.29) is 0 Å². The average Bonchev–Trinajstić information content (AvgIpc) is 2.03. The van der Waals surface area contributed by atoms with E-state index >= 15 is 0 Å². The van der Waals surface area contributed by atoms with Gasteiger partial charge in [0.05, 0.1) is 0 Å². The van der Waals surface area contributed by atoms with E-state index in [9.17, 15) is 4.79 Å². The molecule has 0 radical (unpaired) electrons. The van der Waals surface area contributed by atoms with Gasteiger partial charge in [0.15, 0.2) is 0 Å². The molecule has 0 spiro atoms. The number of halogens is 1. The second kappa shape index (κ2) is 4.28. The van der Waals surface area contributed by atoms with Gasteiger partial charge in [-0.3, -0.25) is 4.79 Å². The zero-order valence-corrected chi connectivity index (χ0v) is 7.99. The van der Waals surface area contributed by atoms with Gasteiger partial charge >= 0.3 is 0 Å². The summed E-state index contributed by atoms with van der Waals surface area (Å²) in [6.45, 7) is 0. The van der Waals surface area contributed by atoms with Crippen LogP contribution in [0.1, 0.15) is 5.56 Å². The van der Waals surface area contributed by atoms with Crippen LogP contribution in [0.4, 0.5) is 0 Å². The highest BCUT2D eigenvalue weighted by Gasteiger charge is 1.90. The van der Waals surface area contributed by atoms with Crippen LogP contribution < -0.4 is 0 Å². The molecule has 1 aromatic rings. The maximum absolute atomic E-state index is 10.0. The van der Waals surface area contributed by atoms with Crippen LogP contribution in [0.25, 0.3) is 6.08 Å². The molecule has 56 valence electrons. The van der Waals surface area contributed by atoms with Crippen molar-refractivity contribution in [3.8, 4) is 0 Å². The normalized spacial score (nSPS) is 10.3. The summed E-state index contributed by atoms with van der Waals surface area (Å²) < 4.78 is 1.16. The summed E-state index contributed by atoms with van der Waals surface area (Å²) in [4.78, 5) is 10.0. The molecule has 0 bridgehead atoms. The molecule has 1 rings (SSSR count). The lowest BCUT2D eigenvalue weighted by molar-refractivity contribution is -0.104. The lowest BCUT2D eigenvalue weighted by Crippen LogP contribution is -1.76. The topological polar surface area (TPSA) is 17.1 Å². The predicted octanol–water partition coefficient (Wildman–Crippen LogP) is 2.50. The van der Waals surface area contributed by atoms with Crippen molar-refractivity contribution in [1.29, 1.82) is 0 Å². The first-order valence-electron chi connectivity index (χ1n) is 3.21. The van der Waals surface area contributed by atoms with Gasteiger partial charge in [0, 0.05) is 3.57 Å². The average molecular weight is 258 g/mol. The maximum Gasteiger partial charge on any atom is 0.142 e. The van der Waals surface area contributed by atoms with Gasteiger partial charge in [-0.15, -0.1) is 0 Å². The number of hydrogen-bond acceptors (Lipinski definition) is 1. The van der Waals surface area contributed by atoms with Gasteiger partial charge in [-0.25, -0.2) is 0 Å². The van der Waals surface area contributed by atoms with Crippen molar-refractivity contribution >= 4 is 35.0 Å². The first-order valence-corrected chi connectivity index (χ1v) is 4.29. The molecule has 0 fully saturated rings. The number of rotatable bonds is 2. The lowest BCUT2D eigenvalue weighted by Gasteiger charge is -1.94. The first-order chi connectivity index (χ1) is 5.34. The minimum Gasteiger partial charge on any atom is -0.299 e. The van der Waals surface area contributed by atoms with E-state index in [0.717, 1.165) is 15.4 Å². The largest absolute Gasteiger partial charge is 0.299 e. The summed E-state index contributed by atoms with van der Waals surface area (Å²) in [6.07, 6.45) is 4.08. The van der Waals surface area contributed by atoms with Gasteiger partial charge in [-0.2, -0.15) is 0 Å². The Balaban J connectivity index is 2.94. The Kier molecular flexibility index (Phi) is 3.29. The zero-order chi connectivity index (χ0) is 8.10. The van der Waals surface area contributed by atoms with Crippen LogP contribution in [0.15, 0.2) is 30.3 Å². The highest BCUT2D eigenvalue weighted by Crippen LogP contribution is 2.12. The second-order valence-corrected chi connectivity index (χ2v) is 3.18. The van der Waals surface area contributed by atoms with E-state index in [1.807, 2.05) is 24.3 Å². The molecular formula is C9H7IO. The summed E-state index contributed by atoms with van der Waals surface area (Å²) in [5.41, 5.74) is 1.08. The van der Waals surface area contributed by atoms with Gasteiger partial charge in [-0.05, 0) is 40.3 Å². The van der Waals surface area contributed by atoms with Crippen molar-refractivity contribution in [1.82, 2.24) is 0 Å². The van der Waals surface area contributed by atoms with Gasteiger partial charge in [-0.1, -0.05) is 24.3 Å². The highest BCUT2D eigenvalue weighted by atomic mass is 127. The molecule has 11 heavy (non-hydrogen) atoms. The van der Waals surface area contributed by atoms with Crippen LogP contribution in [-0.2, 0) is 4.79 Å². The molecule has 0 aromatic heterocycles. The molecule has 0 saturated carbocycles. The minimum absolute atomic E-state index is 0.781. The van der Waals surface area contributed by atoms with Crippen molar-refractivity contribution in [3.63, 3.8) is 0 Å². The third-order valence-electron chi connectivity index (χ3n) is 1.26. The van der Waals surface area contributed by atoms with Crippen LogP contribution in [0.5, 0.6) is 0 Å². The molecule has 1 aromatic carbocycles. The fourth-order valence-corrected chi connectivity index (χ4v) is 1.32.